The van der Waals surface area contributed by atoms with Crippen LogP contribution in [0.2, 0.25) is 0 Å². The van der Waals surface area contributed by atoms with Crippen molar-refractivity contribution in [1.82, 2.24) is 0 Å². The van der Waals surface area contributed by atoms with Crippen LogP contribution in [0.15, 0.2) is 48.5 Å². The fourth-order valence-electron chi connectivity index (χ4n) is 2.25. The molecule has 0 spiro atoms. The van der Waals surface area contributed by atoms with Crippen molar-refractivity contribution in [3.8, 4) is 11.5 Å². The molecule has 2 rings (SSSR count). The van der Waals surface area contributed by atoms with Crippen LogP contribution in [0.1, 0.15) is 12.5 Å². The van der Waals surface area contributed by atoms with Gasteiger partial charge in [0, 0.05) is 31.5 Å². The van der Waals surface area contributed by atoms with Gasteiger partial charge >= 0.3 is 0 Å². The van der Waals surface area contributed by atoms with Gasteiger partial charge in [-0.15, -0.1) is 0 Å². The summed E-state index contributed by atoms with van der Waals surface area (Å²) in [6.45, 7) is 5.66. The molecule has 136 valence electrons. The molecule has 0 amide bonds. The lowest BCUT2D eigenvalue weighted by Crippen LogP contribution is -2.09. The Balaban J connectivity index is 1.84. The van der Waals surface area contributed by atoms with Crippen LogP contribution in [-0.4, -0.2) is 40.1 Å². The molecular weight excluding hydrogens is 318 g/mol. The van der Waals surface area contributed by atoms with Crippen molar-refractivity contribution >= 4 is 5.69 Å². The van der Waals surface area contributed by atoms with Crippen LogP contribution >= 0.6 is 0 Å². The first kappa shape index (κ1) is 19.1. The van der Waals surface area contributed by atoms with Gasteiger partial charge in [0.15, 0.2) is 0 Å². The third-order valence-corrected chi connectivity index (χ3v) is 3.56. The first-order valence-electron chi connectivity index (χ1n) is 8.57. The molecule has 0 aliphatic carbocycles. The van der Waals surface area contributed by atoms with E-state index < -0.39 is 0 Å². The molecule has 0 unspecified atom stereocenters. The minimum Gasteiger partial charge on any atom is -0.491 e. The number of para-hydroxylation sites is 1. The molecule has 0 bridgehead atoms. The standard InChI is InChI=1S/C20H27NO4/c1-3-23-13-15-25-20-7-5-4-6-17(20)16-21-18-8-10-19(11-9-18)24-14-12-22-2/h4-11,21H,3,12-16H2,1-2H3. The third-order valence-electron chi connectivity index (χ3n) is 3.56. The number of ether oxygens (including phenoxy) is 4. The number of benzene rings is 2. The molecule has 0 radical (unpaired) electrons. The maximum atomic E-state index is 5.80. The highest BCUT2D eigenvalue weighted by atomic mass is 16.5. The molecule has 1 N–H and O–H groups in total. The summed E-state index contributed by atoms with van der Waals surface area (Å²) in [5.41, 5.74) is 2.14. The summed E-state index contributed by atoms with van der Waals surface area (Å²) in [5.74, 6) is 1.72. The summed E-state index contributed by atoms with van der Waals surface area (Å²) in [6, 6.07) is 15.9. The monoisotopic (exact) mass is 345 g/mol. The van der Waals surface area contributed by atoms with Gasteiger partial charge in [-0.05, 0) is 37.3 Å². The zero-order valence-electron chi connectivity index (χ0n) is 15.0. The predicted molar refractivity (Wildman–Crippen MR) is 99.6 cm³/mol. The molecule has 5 heteroatoms. The molecule has 0 saturated carbocycles. The van der Waals surface area contributed by atoms with E-state index in [-0.39, 0.29) is 0 Å². The maximum Gasteiger partial charge on any atom is 0.124 e. The second kappa shape index (κ2) is 11.3. The molecule has 0 aliphatic heterocycles. The molecule has 0 fully saturated rings. The van der Waals surface area contributed by atoms with Crippen molar-refractivity contribution in [3.63, 3.8) is 0 Å². The Hall–Kier alpha value is -2.24. The van der Waals surface area contributed by atoms with Crippen LogP contribution < -0.4 is 14.8 Å². The summed E-state index contributed by atoms with van der Waals surface area (Å²) in [6.07, 6.45) is 0. The number of hydrogen-bond acceptors (Lipinski definition) is 5. The van der Waals surface area contributed by atoms with E-state index in [1.54, 1.807) is 7.11 Å². The smallest absolute Gasteiger partial charge is 0.124 e. The third kappa shape index (κ3) is 7.03. The zero-order chi connectivity index (χ0) is 17.7. The summed E-state index contributed by atoms with van der Waals surface area (Å²) in [7, 11) is 1.66. The number of rotatable bonds is 12. The SMILES string of the molecule is CCOCCOc1ccccc1CNc1ccc(OCCOC)cc1. The Morgan fingerprint density at radius 2 is 1.60 bits per heavy atom. The molecule has 0 heterocycles. The summed E-state index contributed by atoms with van der Waals surface area (Å²) >= 11 is 0. The van der Waals surface area contributed by atoms with Crippen molar-refractivity contribution in [3.05, 3.63) is 54.1 Å². The number of hydrogen-bond donors (Lipinski definition) is 1. The molecule has 0 aromatic heterocycles. The van der Waals surface area contributed by atoms with Crippen LogP contribution in [-0.2, 0) is 16.0 Å². The first-order chi connectivity index (χ1) is 12.3. The predicted octanol–water partition coefficient (Wildman–Crippen LogP) is 3.74. The lowest BCUT2D eigenvalue weighted by atomic mass is 10.2. The van der Waals surface area contributed by atoms with Gasteiger partial charge in [0.1, 0.15) is 24.7 Å². The Morgan fingerprint density at radius 1 is 0.840 bits per heavy atom. The Kier molecular flexibility index (Phi) is 8.66. The van der Waals surface area contributed by atoms with Crippen molar-refractivity contribution in [2.24, 2.45) is 0 Å². The summed E-state index contributed by atoms with van der Waals surface area (Å²) < 4.78 is 21.6. The van der Waals surface area contributed by atoms with Crippen LogP contribution in [0.4, 0.5) is 5.69 Å². The molecule has 0 aliphatic rings. The number of nitrogens with one attached hydrogen (secondary N) is 1. The van der Waals surface area contributed by atoms with E-state index in [1.165, 1.54) is 0 Å². The second-order valence-electron chi connectivity index (χ2n) is 5.37. The Labute approximate surface area is 149 Å². The molecule has 25 heavy (non-hydrogen) atoms. The zero-order valence-corrected chi connectivity index (χ0v) is 15.0. The molecule has 2 aromatic carbocycles. The van der Waals surface area contributed by atoms with Gasteiger partial charge in [0.05, 0.1) is 13.2 Å². The Morgan fingerprint density at radius 3 is 2.36 bits per heavy atom. The molecule has 0 saturated heterocycles. The Bertz CT molecular complexity index is 601. The van der Waals surface area contributed by atoms with Crippen molar-refractivity contribution < 1.29 is 18.9 Å². The van der Waals surface area contributed by atoms with Gasteiger partial charge in [-0.1, -0.05) is 18.2 Å². The maximum absolute atomic E-state index is 5.80. The lowest BCUT2D eigenvalue weighted by molar-refractivity contribution is 0.110. The molecule has 0 atom stereocenters. The summed E-state index contributed by atoms with van der Waals surface area (Å²) in [5, 5.41) is 3.41. The van der Waals surface area contributed by atoms with Crippen molar-refractivity contribution in [2.45, 2.75) is 13.5 Å². The van der Waals surface area contributed by atoms with Crippen LogP contribution in [0.5, 0.6) is 11.5 Å². The number of anilines is 1. The van der Waals surface area contributed by atoms with E-state index in [0.717, 1.165) is 22.7 Å². The van der Waals surface area contributed by atoms with Gasteiger partial charge < -0.3 is 24.3 Å². The van der Waals surface area contributed by atoms with Crippen LogP contribution in [0.25, 0.3) is 0 Å². The first-order valence-corrected chi connectivity index (χ1v) is 8.57. The lowest BCUT2D eigenvalue weighted by Gasteiger charge is -2.13. The van der Waals surface area contributed by atoms with Crippen molar-refractivity contribution in [1.29, 1.82) is 0 Å². The fourth-order valence-corrected chi connectivity index (χ4v) is 2.25. The average molecular weight is 345 g/mol. The van der Waals surface area contributed by atoms with E-state index in [9.17, 15) is 0 Å². The van der Waals surface area contributed by atoms with E-state index in [2.05, 4.69) is 11.4 Å². The normalized spacial score (nSPS) is 10.5. The van der Waals surface area contributed by atoms with Gasteiger partial charge in [-0.3, -0.25) is 0 Å². The highest BCUT2D eigenvalue weighted by molar-refractivity contribution is 5.47. The topological polar surface area (TPSA) is 49.0 Å². The average Bonchev–Trinajstić information content (AvgIpc) is 2.65. The summed E-state index contributed by atoms with van der Waals surface area (Å²) in [4.78, 5) is 0. The molecular formula is C20H27NO4. The van der Waals surface area contributed by atoms with Crippen LogP contribution in [0.3, 0.4) is 0 Å². The largest absolute Gasteiger partial charge is 0.491 e. The highest BCUT2D eigenvalue weighted by Crippen LogP contribution is 2.21. The van der Waals surface area contributed by atoms with Gasteiger partial charge in [-0.2, -0.15) is 0 Å². The minimum absolute atomic E-state index is 0.551. The quantitative estimate of drug-likeness (QED) is 0.594. The van der Waals surface area contributed by atoms with E-state index in [1.807, 2.05) is 49.4 Å². The van der Waals surface area contributed by atoms with E-state index in [4.69, 9.17) is 18.9 Å². The molecule has 2 aromatic rings. The molecule has 5 nitrogen and oxygen atoms in total. The second-order valence-corrected chi connectivity index (χ2v) is 5.37. The van der Waals surface area contributed by atoms with Gasteiger partial charge in [0.25, 0.3) is 0 Å². The number of methoxy groups -OCH3 is 1. The van der Waals surface area contributed by atoms with Crippen molar-refractivity contribution in [2.75, 3.05) is 45.5 Å². The van der Waals surface area contributed by atoms with Gasteiger partial charge in [-0.25, -0.2) is 0 Å². The highest BCUT2D eigenvalue weighted by Gasteiger charge is 2.03. The van der Waals surface area contributed by atoms with Crippen LogP contribution in [0, 0.1) is 0 Å². The van der Waals surface area contributed by atoms with Gasteiger partial charge in [0.2, 0.25) is 0 Å². The van der Waals surface area contributed by atoms with E-state index >= 15 is 0 Å². The fraction of sp³-hybridized carbons (Fsp3) is 0.400. The minimum atomic E-state index is 0.551. The van der Waals surface area contributed by atoms with E-state index in [0.29, 0.717) is 39.6 Å².